The normalized spacial score (nSPS) is 10.1. The number of carboxylic acid groups (broad SMARTS) is 1. The Morgan fingerprint density at radius 2 is 1.75 bits per heavy atom. The van der Waals surface area contributed by atoms with E-state index in [0.29, 0.717) is 29.2 Å². The molecule has 8 heteroatoms. The number of nitrogens with one attached hydrogen (secondary N) is 2. The van der Waals surface area contributed by atoms with Gasteiger partial charge in [0.05, 0.1) is 20.8 Å². The molecule has 0 heterocycles. The van der Waals surface area contributed by atoms with Crippen molar-refractivity contribution in [1.29, 1.82) is 0 Å². The van der Waals surface area contributed by atoms with Crippen LogP contribution in [-0.2, 0) is 16.0 Å². The summed E-state index contributed by atoms with van der Waals surface area (Å²) < 4.78 is 10.3. The molecule has 0 saturated carbocycles. The first kappa shape index (κ1) is 20.8. The second-order valence-electron chi connectivity index (χ2n) is 5.89. The van der Waals surface area contributed by atoms with Gasteiger partial charge in [-0.15, -0.1) is 0 Å². The number of carboxylic acids is 1. The molecule has 0 aliphatic carbocycles. The summed E-state index contributed by atoms with van der Waals surface area (Å²) >= 11 is 0. The maximum absolute atomic E-state index is 12.2. The summed E-state index contributed by atoms with van der Waals surface area (Å²) in [6.07, 6.45) is 0.383. The Kier molecular flexibility index (Phi) is 7.38. The molecule has 0 spiro atoms. The molecule has 0 saturated heterocycles. The molecule has 0 atom stereocenters. The molecule has 28 heavy (non-hydrogen) atoms. The predicted molar refractivity (Wildman–Crippen MR) is 103 cm³/mol. The van der Waals surface area contributed by atoms with E-state index in [1.165, 1.54) is 20.3 Å². The third-order valence-corrected chi connectivity index (χ3v) is 3.89. The SMILES string of the molecule is COc1ccc(C(=O)NCC(=O)Nc2cccc(CCC(=O)O)c2)cc1OC. The Morgan fingerprint density at radius 3 is 2.43 bits per heavy atom. The fraction of sp³-hybridized carbons (Fsp3) is 0.250. The van der Waals surface area contributed by atoms with Crippen LogP contribution in [0.25, 0.3) is 0 Å². The number of amides is 2. The van der Waals surface area contributed by atoms with Crippen LogP contribution in [0.15, 0.2) is 42.5 Å². The minimum Gasteiger partial charge on any atom is -0.493 e. The predicted octanol–water partition coefficient (Wildman–Crippen LogP) is 2.09. The first-order valence-corrected chi connectivity index (χ1v) is 8.53. The Morgan fingerprint density at radius 1 is 1.00 bits per heavy atom. The van der Waals surface area contributed by atoms with Gasteiger partial charge in [-0.1, -0.05) is 12.1 Å². The highest BCUT2D eigenvalue weighted by molar-refractivity contribution is 5.99. The molecule has 0 aliphatic heterocycles. The summed E-state index contributed by atoms with van der Waals surface area (Å²) in [5.41, 5.74) is 1.67. The number of carbonyl (C=O) groups excluding carboxylic acids is 2. The van der Waals surface area contributed by atoms with Crippen LogP contribution in [-0.4, -0.2) is 43.7 Å². The van der Waals surface area contributed by atoms with Crippen molar-refractivity contribution in [3.05, 3.63) is 53.6 Å². The molecule has 2 rings (SSSR count). The van der Waals surface area contributed by atoms with E-state index < -0.39 is 17.8 Å². The standard InChI is InChI=1S/C20H22N2O6/c1-27-16-8-7-14(11-17(16)28-2)20(26)21-12-18(23)22-15-5-3-4-13(10-15)6-9-19(24)25/h3-5,7-8,10-11H,6,9,12H2,1-2H3,(H,21,26)(H,22,23)(H,24,25). The third-order valence-electron chi connectivity index (χ3n) is 3.89. The van der Waals surface area contributed by atoms with Gasteiger partial charge >= 0.3 is 5.97 Å². The highest BCUT2D eigenvalue weighted by Gasteiger charge is 2.12. The number of hydrogen-bond acceptors (Lipinski definition) is 5. The summed E-state index contributed by atoms with van der Waals surface area (Å²) in [6, 6.07) is 11.6. The van der Waals surface area contributed by atoms with E-state index in [2.05, 4.69) is 10.6 Å². The zero-order chi connectivity index (χ0) is 20.5. The molecule has 2 aromatic rings. The molecule has 3 N–H and O–H groups in total. The lowest BCUT2D eigenvalue weighted by molar-refractivity contribution is -0.137. The molecule has 2 aromatic carbocycles. The number of benzene rings is 2. The highest BCUT2D eigenvalue weighted by atomic mass is 16.5. The Hall–Kier alpha value is -3.55. The van der Waals surface area contributed by atoms with Crippen LogP contribution < -0.4 is 20.1 Å². The van der Waals surface area contributed by atoms with Gasteiger partial charge in [-0.3, -0.25) is 14.4 Å². The van der Waals surface area contributed by atoms with Crippen molar-refractivity contribution in [2.24, 2.45) is 0 Å². The van der Waals surface area contributed by atoms with E-state index >= 15 is 0 Å². The van der Waals surface area contributed by atoms with E-state index in [1.807, 2.05) is 0 Å². The van der Waals surface area contributed by atoms with E-state index in [-0.39, 0.29) is 13.0 Å². The van der Waals surface area contributed by atoms with Gasteiger partial charge in [-0.05, 0) is 42.3 Å². The topological polar surface area (TPSA) is 114 Å². The lowest BCUT2D eigenvalue weighted by Gasteiger charge is -2.10. The Bertz CT molecular complexity index is 866. The van der Waals surface area contributed by atoms with E-state index in [4.69, 9.17) is 14.6 Å². The number of aliphatic carboxylic acids is 1. The van der Waals surface area contributed by atoms with Gasteiger partial charge in [0, 0.05) is 17.7 Å². The molecule has 0 bridgehead atoms. The van der Waals surface area contributed by atoms with Crippen LogP contribution in [0.3, 0.4) is 0 Å². The van der Waals surface area contributed by atoms with Gasteiger partial charge in [-0.2, -0.15) is 0 Å². The highest BCUT2D eigenvalue weighted by Crippen LogP contribution is 2.27. The van der Waals surface area contributed by atoms with E-state index in [1.54, 1.807) is 36.4 Å². The summed E-state index contributed by atoms with van der Waals surface area (Å²) in [4.78, 5) is 35.0. The van der Waals surface area contributed by atoms with Crippen molar-refractivity contribution in [2.45, 2.75) is 12.8 Å². The average Bonchev–Trinajstić information content (AvgIpc) is 2.70. The number of aryl methyl sites for hydroxylation is 1. The summed E-state index contributed by atoms with van der Waals surface area (Å²) in [7, 11) is 2.97. The maximum atomic E-state index is 12.2. The second-order valence-corrected chi connectivity index (χ2v) is 5.89. The minimum atomic E-state index is -0.882. The zero-order valence-corrected chi connectivity index (χ0v) is 15.7. The lowest BCUT2D eigenvalue weighted by Crippen LogP contribution is -2.32. The summed E-state index contributed by atoms with van der Waals surface area (Å²) in [5, 5.41) is 14.0. The van der Waals surface area contributed by atoms with Gasteiger partial charge in [0.2, 0.25) is 5.91 Å². The third kappa shape index (κ3) is 6.01. The van der Waals surface area contributed by atoms with Crippen LogP contribution in [0.5, 0.6) is 11.5 Å². The summed E-state index contributed by atoms with van der Waals surface area (Å²) in [6.45, 7) is -0.216. The number of rotatable bonds is 9. The Balaban J connectivity index is 1.91. The molecule has 2 amide bonds. The van der Waals surface area contributed by atoms with Gasteiger partial charge in [0.1, 0.15) is 0 Å². The molecule has 0 fully saturated rings. The van der Waals surface area contributed by atoms with Crippen molar-refractivity contribution in [3.63, 3.8) is 0 Å². The maximum Gasteiger partial charge on any atom is 0.303 e. The first-order valence-electron chi connectivity index (χ1n) is 8.53. The van der Waals surface area contributed by atoms with Crippen molar-refractivity contribution < 1.29 is 29.0 Å². The lowest BCUT2D eigenvalue weighted by atomic mass is 10.1. The smallest absolute Gasteiger partial charge is 0.303 e. The van der Waals surface area contributed by atoms with E-state index in [0.717, 1.165) is 5.56 Å². The molecule has 0 radical (unpaired) electrons. The average molecular weight is 386 g/mol. The quantitative estimate of drug-likeness (QED) is 0.608. The van der Waals surface area contributed by atoms with Crippen molar-refractivity contribution in [1.82, 2.24) is 5.32 Å². The number of hydrogen-bond donors (Lipinski definition) is 3. The fourth-order valence-electron chi connectivity index (χ4n) is 2.50. The van der Waals surface area contributed by atoms with Crippen molar-refractivity contribution in [3.8, 4) is 11.5 Å². The van der Waals surface area contributed by atoms with Crippen LogP contribution >= 0.6 is 0 Å². The monoisotopic (exact) mass is 386 g/mol. The number of methoxy groups -OCH3 is 2. The van der Waals surface area contributed by atoms with Crippen LogP contribution in [0.2, 0.25) is 0 Å². The molecule has 148 valence electrons. The van der Waals surface area contributed by atoms with Crippen LogP contribution in [0, 0.1) is 0 Å². The summed E-state index contributed by atoms with van der Waals surface area (Å²) in [5.74, 6) is -0.791. The van der Waals surface area contributed by atoms with Gasteiger partial charge in [0.25, 0.3) is 5.91 Å². The molecule has 0 aliphatic rings. The second kappa shape index (κ2) is 9.96. The Labute approximate surface area is 162 Å². The largest absolute Gasteiger partial charge is 0.493 e. The van der Waals surface area contributed by atoms with Crippen LogP contribution in [0.1, 0.15) is 22.3 Å². The molecular weight excluding hydrogens is 364 g/mol. The zero-order valence-electron chi connectivity index (χ0n) is 15.7. The molecular formula is C20H22N2O6. The van der Waals surface area contributed by atoms with Crippen molar-refractivity contribution >= 4 is 23.5 Å². The van der Waals surface area contributed by atoms with Gasteiger partial charge in [-0.25, -0.2) is 0 Å². The molecule has 8 nitrogen and oxygen atoms in total. The van der Waals surface area contributed by atoms with Crippen molar-refractivity contribution in [2.75, 3.05) is 26.1 Å². The fourth-order valence-corrected chi connectivity index (χ4v) is 2.50. The minimum absolute atomic E-state index is 0.0127. The number of ether oxygens (including phenoxy) is 2. The first-order chi connectivity index (χ1) is 13.4. The van der Waals surface area contributed by atoms with E-state index in [9.17, 15) is 14.4 Å². The van der Waals surface area contributed by atoms with Gasteiger partial charge in [0.15, 0.2) is 11.5 Å². The number of carbonyl (C=O) groups is 3. The molecule has 0 unspecified atom stereocenters. The molecule has 0 aromatic heterocycles. The van der Waals surface area contributed by atoms with Gasteiger partial charge < -0.3 is 25.2 Å². The number of anilines is 1. The van der Waals surface area contributed by atoms with Crippen LogP contribution in [0.4, 0.5) is 5.69 Å².